The predicted molar refractivity (Wildman–Crippen MR) is 108 cm³/mol. The highest BCUT2D eigenvalue weighted by atomic mass is 32.1. The molecule has 2 aliphatic rings. The van der Waals surface area contributed by atoms with Gasteiger partial charge in [0.1, 0.15) is 10.7 Å². The number of thiophene rings is 1. The standard InChI is InChI=1S/C22H24N2OS/c1-4-22(2,3)14-9-10-16-17(11-14)26-21-18(16)20(25)23-19-15-8-6-5-7-13(15)12-24(19)21/h5-8,14H,4,9-12H2,1-3H3/t14-/m0/s1. The van der Waals surface area contributed by atoms with E-state index in [1.165, 1.54) is 28.8 Å². The van der Waals surface area contributed by atoms with Gasteiger partial charge in [0, 0.05) is 10.4 Å². The highest BCUT2D eigenvalue weighted by Crippen LogP contribution is 2.45. The molecule has 1 aliphatic heterocycles. The van der Waals surface area contributed by atoms with Gasteiger partial charge in [-0.3, -0.25) is 4.79 Å². The number of benzene rings is 1. The number of aryl methyl sites for hydroxylation is 1. The van der Waals surface area contributed by atoms with E-state index in [1.807, 2.05) is 17.4 Å². The van der Waals surface area contributed by atoms with Gasteiger partial charge >= 0.3 is 0 Å². The maximum absolute atomic E-state index is 12.9. The lowest BCUT2D eigenvalue weighted by Crippen LogP contribution is -2.28. The van der Waals surface area contributed by atoms with E-state index in [-0.39, 0.29) is 5.56 Å². The molecule has 0 saturated carbocycles. The molecule has 1 aromatic carbocycles. The van der Waals surface area contributed by atoms with Gasteiger partial charge in [-0.15, -0.1) is 11.3 Å². The largest absolute Gasteiger partial charge is 0.312 e. The van der Waals surface area contributed by atoms with E-state index < -0.39 is 0 Å². The van der Waals surface area contributed by atoms with Gasteiger partial charge in [0.05, 0.1) is 11.9 Å². The minimum atomic E-state index is -0.0337. The zero-order valence-corrected chi connectivity index (χ0v) is 16.4. The van der Waals surface area contributed by atoms with Crippen molar-refractivity contribution >= 4 is 21.6 Å². The van der Waals surface area contributed by atoms with Crippen molar-refractivity contribution in [2.45, 2.75) is 53.0 Å². The Balaban J connectivity index is 1.68. The van der Waals surface area contributed by atoms with Crippen LogP contribution in [0.15, 0.2) is 29.1 Å². The van der Waals surface area contributed by atoms with Gasteiger partial charge in [0.15, 0.2) is 0 Å². The Morgan fingerprint density at radius 1 is 1.31 bits per heavy atom. The lowest BCUT2D eigenvalue weighted by atomic mass is 9.70. The summed E-state index contributed by atoms with van der Waals surface area (Å²) in [4.78, 5) is 20.0. The van der Waals surface area contributed by atoms with E-state index in [4.69, 9.17) is 0 Å². The smallest absolute Gasteiger partial charge is 0.282 e. The molecular weight excluding hydrogens is 340 g/mol. The van der Waals surface area contributed by atoms with Crippen molar-refractivity contribution in [1.29, 1.82) is 0 Å². The van der Waals surface area contributed by atoms with Crippen molar-refractivity contribution in [2.75, 3.05) is 0 Å². The van der Waals surface area contributed by atoms with E-state index in [0.717, 1.165) is 41.0 Å². The Labute approximate surface area is 157 Å². The van der Waals surface area contributed by atoms with E-state index in [2.05, 4.69) is 48.5 Å². The van der Waals surface area contributed by atoms with Crippen molar-refractivity contribution in [1.82, 2.24) is 9.55 Å². The molecule has 2 aromatic heterocycles. The average Bonchev–Trinajstić information content (AvgIpc) is 3.20. The van der Waals surface area contributed by atoms with Crippen molar-refractivity contribution in [3.8, 4) is 11.4 Å². The van der Waals surface area contributed by atoms with Gasteiger partial charge < -0.3 is 4.57 Å². The molecule has 0 spiro atoms. The third-order valence-electron chi connectivity index (χ3n) is 6.77. The van der Waals surface area contributed by atoms with Crippen molar-refractivity contribution in [2.24, 2.45) is 11.3 Å². The number of hydrogen-bond acceptors (Lipinski definition) is 3. The second kappa shape index (κ2) is 5.53. The number of fused-ring (bicyclic) bond motifs is 7. The normalized spacial score (nSPS) is 18.7. The Morgan fingerprint density at radius 2 is 2.12 bits per heavy atom. The first-order valence-electron chi connectivity index (χ1n) is 9.63. The highest BCUT2D eigenvalue weighted by molar-refractivity contribution is 7.18. The number of rotatable bonds is 2. The summed E-state index contributed by atoms with van der Waals surface area (Å²) in [5, 5.41) is 0.898. The highest BCUT2D eigenvalue weighted by Gasteiger charge is 2.34. The van der Waals surface area contributed by atoms with Crippen molar-refractivity contribution in [3.05, 3.63) is 50.6 Å². The summed E-state index contributed by atoms with van der Waals surface area (Å²) in [6.45, 7) is 7.90. The van der Waals surface area contributed by atoms with Gasteiger partial charge in [0.25, 0.3) is 5.56 Å². The third kappa shape index (κ3) is 2.18. The molecule has 0 amide bonds. The van der Waals surface area contributed by atoms with Gasteiger partial charge in [-0.1, -0.05) is 51.5 Å². The molecule has 0 bridgehead atoms. The molecule has 26 heavy (non-hydrogen) atoms. The lowest BCUT2D eigenvalue weighted by Gasteiger charge is -2.36. The van der Waals surface area contributed by atoms with E-state index in [9.17, 15) is 4.79 Å². The Morgan fingerprint density at radius 3 is 2.92 bits per heavy atom. The molecular formula is C22H24N2OS. The number of aromatic nitrogens is 2. The molecule has 1 aliphatic carbocycles. The van der Waals surface area contributed by atoms with Crippen LogP contribution in [-0.2, 0) is 19.4 Å². The molecule has 4 heteroatoms. The van der Waals surface area contributed by atoms with Crippen LogP contribution in [0, 0.1) is 11.3 Å². The van der Waals surface area contributed by atoms with Crippen LogP contribution in [0.1, 0.15) is 49.6 Å². The van der Waals surface area contributed by atoms with Crippen molar-refractivity contribution in [3.63, 3.8) is 0 Å². The summed E-state index contributed by atoms with van der Waals surface area (Å²) in [5.74, 6) is 1.55. The van der Waals surface area contributed by atoms with Crippen LogP contribution < -0.4 is 5.56 Å². The fraction of sp³-hybridized carbons (Fsp3) is 0.455. The molecule has 5 rings (SSSR count). The topological polar surface area (TPSA) is 34.9 Å². The summed E-state index contributed by atoms with van der Waals surface area (Å²) in [6.07, 6.45) is 4.51. The first-order chi connectivity index (χ1) is 12.5. The van der Waals surface area contributed by atoms with Crippen LogP contribution in [-0.4, -0.2) is 9.55 Å². The zero-order chi connectivity index (χ0) is 18.1. The molecule has 3 nitrogen and oxygen atoms in total. The first-order valence-corrected chi connectivity index (χ1v) is 10.4. The Bertz CT molecular complexity index is 1090. The summed E-state index contributed by atoms with van der Waals surface area (Å²) in [5.41, 5.74) is 3.99. The predicted octanol–water partition coefficient (Wildman–Crippen LogP) is 5.03. The molecule has 0 radical (unpaired) electrons. The second-order valence-electron chi connectivity index (χ2n) is 8.45. The van der Waals surface area contributed by atoms with E-state index >= 15 is 0 Å². The van der Waals surface area contributed by atoms with Crippen molar-refractivity contribution < 1.29 is 0 Å². The Kier molecular flexibility index (Phi) is 3.45. The van der Waals surface area contributed by atoms with Gasteiger partial charge in [-0.2, -0.15) is 4.98 Å². The minimum absolute atomic E-state index is 0.0337. The van der Waals surface area contributed by atoms with Crippen LogP contribution >= 0.6 is 11.3 Å². The molecule has 3 aromatic rings. The van der Waals surface area contributed by atoms with E-state index in [1.54, 1.807) is 0 Å². The first kappa shape index (κ1) is 16.2. The second-order valence-corrected chi connectivity index (χ2v) is 9.53. The van der Waals surface area contributed by atoms with Crippen LogP contribution in [0.5, 0.6) is 0 Å². The third-order valence-corrected chi connectivity index (χ3v) is 8.05. The molecule has 3 heterocycles. The van der Waals surface area contributed by atoms with Gasteiger partial charge in [-0.05, 0) is 41.7 Å². The Hall–Kier alpha value is -1.94. The lowest BCUT2D eigenvalue weighted by molar-refractivity contribution is 0.184. The molecule has 0 unspecified atom stereocenters. The molecule has 0 saturated heterocycles. The molecule has 0 fully saturated rings. The van der Waals surface area contributed by atoms with Crippen LogP contribution in [0.2, 0.25) is 0 Å². The quantitative estimate of drug-likeness (QED) is 0.500. The average molecular weight is 365 g/mol. The molecule has 134 valence electrons. The number of nitrogens with zero attached hydrogens (tertiary/aromatic N) is 2. The summed E-state index contributed by atoms with van der Waals surface area (Å²) in [7, 11) is 0. The zero-order valence-electron chi connectivity index (χ0n) is 15.6. The maximum atomic E-state index is 12.9. The maximum Gasteiger partial charge on any atom is 0.282 e. The van der Waals surface area contributed by atoms with Crippen LogP contribution in [0.3, 0.4) is 0 Å². The van der Waals surface area contributed by atoms with E-state index in [0.29, 0.717) is 11.3 Å². The van der Waals surface area contributed by atoms with Crippen LogP contribution in [0.25, 0.3) is 21.6 Å². The van der Waals surface area contributed by atoms with Crippen LogP contribution in [0.4, 0.5) is 0 Å². The van der Waals surface area contributed by atoms with Gasteiger partial charge in [-0.25, -0.2) is 0 Å². The summed E-state index contributed by atoms with van der Waals surface area (Å²) >= 11 is 1.84. The summed E-state index contributed by atoms with van der Waals surface area (Å²) in [6, 6.07) is 8.33. The monoisotopic (exact) mass is 364 g/mol. The molecule has 0 N–H and O–H groups in total. The molecule has 1 atom stereocenters. The van der Waals surface area contributed by atoms with Gasteiger partial charge in [0.2, 0.25) is 0 Å². The fourth-order valence-corrected chi connectivity index (χ4v) is 6.06. The summed E-state index contributed by atoms with van der Waals surface area (Å²) < 4.78 is 2.27. The number of hydrogen-bond donors (Lipinski definition) is 0. The minimum Gasteiger partial charge on any atom is -0.312 e. The SMILES string of the molecule is CCC(C)(C)[C@H]1CCc2c(sc3c2c(=O)nc2n3Cc3ccccc3-2)C1. The fourth-order valence-electron chi connectivity index (χ4n) is 4.65.